The lowest BCUT2D eigenvalue weighted by molar-refractivity contribution is -0.137. The second-order valence-electron chi connectivity index (χ2n) is 8.75. The van der Waals surface area contributed by atoms with Crippen molar-refractivity contribution in [2.24, 2.45) is 17.8 Å². The summed E-state index contributed by atoms with van der Waals surface area (Å²) in [5.41, 5.74) is 1.24. The molecule has 0 aliphatic heterocycles. The van der Waals surface area contributed by atoms with E-state index < -0.39 is 12.1 Å². The highest BCUT2D eigenvalue weighted by atomic mass is 16.4. The molecule has 1 fully saturated rings. The molecule has 170 valence electrons. The first kappa shape index (κ1) is 25.1. The van der Waals surface area contributed by atoms with Crippen LogP contribution in [-0.4, -0.2) is 28.1 Å². The molecule has 1 saturated carbocycles. The minimum Gasteiger partial charge on any atom is -0.481 e. The van der Waals surface area contributed by atoms with Crippen LogP contribution in [0, 0.1) is 17.8 Å². The van der Waals surface area contributed by atoms with Gasteiger partial charge in [0.05, 0.1) is 6.10 Å². The predicted octanol–water partition coefficient (Wildman–Crippen LogP) is 5.75. The SMILES string of the molecule is CCCCCC(O)/C=C/C1C(Cc2ccccc2)CC(=O)C1C/C=C/CCCC(=O)O. The molecule has 0 bridgehead atoms. The molecule has 1 aromatic rings. The Balaban J connectivity index is 2.03. The van der Waals surface area contributed by atoms with Crippen LogP contribution >= 0.6 is 0 Å². The monoisotopic (exact) mass is 426 g/mol. The summed E-state index contributed by atoms with van der Waals surface area (Å²) >= 11 is 0. The summed E-state index contributed by atoms with van der Waals surface area (Å²) < 4.78 is 0. The number of carboxylic acids is 1. The molecule has 0 heterocycles. The molecule has 0 radical (unpaired) electrons. The molecule has 0 saturated heterocycles. The van der Waals surface area contributed by atoms with Gasteiger partial charge < -0.3 is 10.2 Å². The van der Waals surface area contributed by atoms with Gasteiger partial charge in [0.25, 0.3) is 0 Å². The van der Waals surface area contributed by atoms with Gasteiger partial charge in [-0.2, -0.15) is 0 Å². The van der Waals surface area contributed by atoms with Gasteiger partial charge in [-0.3, -0.25) is 9.59 Å². The summed E-state index contributed by atoms with van der Waals surface area (Å²) in [4.78, 5) is 23.5. The largest absolute Gasteiger partial charge is 0.481 e. The van der Waals surface area contributed by atoms with Gasteiger partial charge in [-0.1, -0.05) is 80.8 Å². The number of carbonyl (C=O) groups is 2. The lowest BCUT2D eigenvalue weighted by atomic mass is 9.83. The lowest BCUT2D eigenvalue weighted by Crippen LogP contribution is -2.17. The summed E-state index contributed by atoms with van der Waals surface area (Å²) in [6.07, 6.45) is 15.3. The average Bonchev–Trinajstić information content (AvgIpc) is 3.03. The van der Waals surface area contributed by atoms with Gasteiger partial charge in [-0.25, -0.2) is 0 Å². The van der Waals surface area contributed by atoms with E-state index in [4.69, 9.17) is 5.11 Å². The molecular weight excluding hydrogens is 388 g/mol. The number of aliphatic carboxylic acids is 1. The summed E-state index contributed by atoms with van der Waals surface area (Å²) in [6.45, 7) is 2.15. The van der Waals surface area contributed by atoms with Gasteiger partial charge in [0.1, 0.15) is 5.78 Å². The molecule has 2 rings (SSSR count). The fraction of sp³-hybridized carbons (Fsp3) is 0.556. The highest BCUT2D eigenvalue weighted by Crippen LogP contribution is 2.40. The molecule has 0 spiro atoms. The molecule has 31 heavy (non-hydrogen) atoms. The molecule has 1 aliphatic carbocycles. The third-order valence-corrected chi connectivity index (χ3v) is 6.20. The fourth-order valence-electron chi connectivity index (χ4n) is 4.48. The molecule has 0 aromatic heterocycles. The van der Waals surface area contributed by atoms with Crippen LogP contribution in [-0.2, 0) is 16.0 Å². The number of ketones is 1. The number of aliphatic hydroxyl groups is 1. The van der Waals surface area contributed by atoms with Crippen molar-refractivity contribution in [2.75, 3.05) is 0 Å². The Hall–Kier alpha value is -2.20. The van der Waals surface area contributed by atoms with Gasteiger partial charge in [0.15, 0.2) is 0 Å². The Kier molecular flexibility index (Phi) is 11.3. The van der Waals surface area contributed by atoms with Crippen molar-refractivity contribution in [2.45, 2.75) is 77.2 Å². The van der Waals surface area contributed by atoms with Crippen LogP contribution in [0.5, 0.6) is 0 Å². The molecular formula is C27H38O4. The van der Waals surface area contributed by atoms with Crippen LogP contribution in [0.2, 0.25) is 0 Å². The third kappa shape index (κ3) is 9.22. The smallest absolute Gasteiger partial charge is 0.303 e. The minimum absolute atomic E-state index is 0.0662. The maximum absolute atomic E-state index is 12.8. The predicted molar refractivity (Wildman–Crippen MR) is 125 cm³/mol. The second kappa shape index (κ2) is 14.0. The van der Waals surface area contributed by atoms with Gasteiger partial charge in [-0.05, 0) is 49.5 Å². The van der Waals surface area contributed by atoms with Crippen LogP contribution < -0.4 is 0 Å². The van der Waals surface area contributed by atoms with E-state index in [1.54, 1.807) is 0 Å². The molecule has 2 N–H and O–H groups in total. The number of benzene rings is 1. The Morgan fingerprint density at radius 2 is 1.94 bits per heavy atom. The third-order valence-electron chi connectivity index (χ3n) is 6.20. The number of aliphatic hydroxyl groups excluding tert-OH is 1. The molecule has 4 atom stereocenters. The van der Waals surface area contributed by atoms with Crippen molar-refractivity contribution < 1.29 is 19.8 Å². The van der Waals surface area contributed by atoms with Crippen molar-refractivity contribution in [1.82, 2.24) is 0 Å². The van der Waals surface area contributed by atoms with Crippen molar-refractivity contribution in [3.63, 3.8) is 0 Å². The first-order valence-electron chi connectivity index (χ1n) is 11.8. The molecule has 0 amide bonds. The Morgan fingerprint density at radius 3 is 2.65 bits per heavy atom. The standard InChI is InChI=1S/C27H38O4/c1-2-3-7-14-23(28)17-18-24-22(19-21-12-8-6-9-13-21)20-26(29)25(24)15-10-4-5-11-16-27(30)31/h4,6,8-10,12-13,17-18,22-25,28H,2-3,5,7,11,14-16,19-20H2,1H3,(H,30,31)/b10-4+,18-17+. The Morgan fingerprint density at radius 1 is 1.16 bits per heavy atom. The summed E-state index contributed by atoms with van der Waals surface area (Å²) in [6, 6.07) is 10.3. The topological polar surface area (TPSA) is 74.6 Å². The minimum atomic E-state index is -0.772. The maximum atomic E-state index is 12.8. The summed E-state index contributed by atoms with van der Waals surface area (Å²) in [7, 11) is 0. The normalized spacial score (nSPS) is 22.5. The van der Waals surface area contributed by atoms with Gasteiger partial charge in [0.2, 0.25) is 0 Å². The van der Waals surface area contributed by atoms with Crippen LogP contribution in [0.4, 0.5) is 0 Å². The second-order valence-corrected chi connectivity index (χ2v) is 8.75. The number of rotatable bonds is 14. The van der Waals surface area contributed by atoms with Crippen LogP contribution in [0.15, 0.2) is 54.6 Å². The van der Waals surface area contributed by atoms with Crippen LogP contribution in [0.25, 0.3) is 0 Å². The molecule has 1 aliphatic rings. The molecule has 4 heteroatoms. The van der Waals surface area contributed by atoms with E-state index in [1.165, 1.54) is 5.56 Å². The Labute approximate surface area is 187 Å². The zero-order valence-corrected chi connectivity index (χ0v) is 18.8. The number of unbranched alkanes of at least 4 members (excludes halogenated alkanes) is 3. The first-order valence-corrected chi connectivity index (χ1v) is 11.8. The zero-order valence-electron chi connectivity index (χ0n) is 18.8. The van der Waals surface area contributed by atoms with Gasteiger partial charge in [0, 0.05) is 18.8 Å². The van der Waals surface area contributed by atoms with Gasteiger partial charge >= 0.3 is 5.97 Å². The van der Waals surface area contributed by atoms with Crippen LogP contribution in [0.1, 0.15) is 70.3 Å². The highest BCUT2D eigenvalue weighted by molar-refractivity contribution is 5.84. The molecule has 1 aromatic carbocycles. The van der Waals surface area contributed by atoms with E-state index in [1.807, 2.05) is 36.4 Å². The molecule has 4 unspecified atom stereocenters. The fourth-order valence-corrected chi connectivity index (χ4v) is 4.48. The maximum Gasteiger partial charge on any atom is 0.303 e. The van der Waals surface area contributed by atoms with Crippen molar-refractivity contribution >= 4 is 11.8 Å². The Bertz CT molecular complexity index is 722. The van der Waals surface area contributed by atoms with E-state index in [-0.39, 0.29) is 24.2 Å². The number of Topliss-reactive ketones (excluding diaryl/α,β-unsaturated/α-hetero) is 1. The van der Waals surface area contributed by atoms with E-state index in [2.05, 4.69) is 25.1 Å². The molecule has 4 nitrogen and oxygen atoms in total. The number of allylic oxidation sites excluding steroid dienone is 3. The number of hydrogen-bond donors (Lipinski definition) is 2. The van der Waals surface area contributed by atoms with E-state index in [0.29, 0.717) is 25.0 Å². The van der Waals surface area contributed by atoms with Crippen molar-refractivity contribution in [3.8, 4) is 0 Å². The van der Waals surface area contributed by atoms with Crippen LogP contribution in [0.3, 0.4) is 0 Å². The number of carboxylic acid groups (broad SMARTS) is 1. The van der Waals surface area contributed by atoms with Gasteiger partial charge in [-0.15, -0.1) is 0 Å². The van der Waals surface area contributed by atoms with Crippen molar-refractivity contribution in [1.29, 1.82) is 0 Å². The van der Waals surface area contributed by atoms with Crippen molar-refractivity contribution in [3.05, 3.63) is 60.2 Å². The van der Waals surface area contributed by atoms with E-state index in [9.17, 15) is 14.7 Å². The summed E-state index contributed by atoms with van der Waals surface area (Å²) in [5, 5.41) is 19.1. The summed E-state index contributed by atoms with van der Waals surface area (Å²) in [5.74, 6) is -0.169. The van der Waals surface area contributed by atoms with E-state index >= 15 is 0 Å². The number of carbonyl (C=O) groups excluding carboxylic acids is 1. The number of hydrogen-bond acceptors (Lipinski definition) is 3. The quantitative estimate of drug-likeness (QED) is 0.293. The first-order chi connectivity index (χ1) is 15.0. The van der Waals surface area contributed by atoms with E-state index in [0.717, 1.165) is 38.5 Å². The average molecular weight is 427 g/mol. The highest BCUT2D eigenvalue weighted by Gasteiger charge is 2.39. The zero-order chi connectivity index (χ0) is 22.5. The lowest BCUT2D eigenvalue weighted by Gasteiger charge is -2.21.